The first-order valence-corrected chi connectivity index (χ1v) is 10.5. The van der Waals surface area contributed by atoms with Gasteiger partial charge in [-0.25, -0.2) is 8.42 Å². The highest BCUT2D eigenvalue weighted by atomic mass is 32.2. The van der Waals surface area contributed by atoms with Crippen molar-refractivity contribution in [3.05, 3.63) is 39.4 Å². The second-order valence-electron chi connectivity index (χ2n) is 5.98. The van der Waals surface area contributed by atoms with E-state index in [4.69, 9.17) is 20.5 Å². The first kappa shape index (κ1) is 24.0. The highest BCUT2D eigenvalue weighted by Gasteiger charge is 2.30. The van der Waals surface area contributed by atoms with Gasteiger partial charge in [-0.15, -0.1) is 0 Å². The lowest BCUT2D eigenvalue weighted by Crippen LogP contribution is -2.19. The van der Waals surface area contributed by atoms with Gasteiger partial charge in [0.15, 0.2) is 0 Å². The Bertz CT molecular complexity index is 1240. The number of ether oxygens (including phenoxy) is 2. The Morgan fingerprint density at radius 2 is 2.03 bits per heavy atom. The normalized spacial score (nSPS) is 10.7. The minimum absolute atomic E-state index is 0.0518. The smallest absolute Gasteiger partial charge is 0.373 e. The van der Waals surface area contributed by atoms with Gasteiger partial charge < -0.3 is 20.5 Å². The molecule has 0 radical (unpaired) electrons. The van der Waals surface area contributed by atoms with Crippen LogP contribution in [0.25, 0.3) is 0 Å². The maximum atomic E-state index is 12.0. The van der Waals surface area contributed by atoms with Gasteiger partial charge in [-0.05, 0) is 25.1 Å². The Labute approximate surface area is 181 Å². The number of nitriles is 1. The number of carbonyl (C=O) groups excluding carboxylic acids is 2. The lowest BCUT2D eigenvalue weighted by molar-refractivity contribution is -0.385. The summed E-state index contributed by atoms with van der Waals surface area (Å²) in [5.41, 5.74) is 4.03. The second kappa shape index (κ2) is 9.66. The number of anilines is 1. The van der Waals surface area contributed by atoms with Gasteiger partial charge in [-0.3, -0.25) is 19.7 Å². The SMILES string of the molecule is CCOC(=O)CNc1nc(S(C)(=O)=O)nc(Oc2ccc(C#N)c(C(N)=O)c2)c1[N+](=O)[O-]. The third-order valence-electron chi connectivity index (χ3n) is 3.64. The van der Waals surface area contributed by atoms with E-state index in [2.05, 4.69) is 15.3 Å². The van der Waals surface area contributed by atoms with E-state index in [-0.39, 0.29) is 23.5 Å². The first-order valence-electron chi connectivity index (χ1n) is 8.65. The minimum Gasteiger partial charge on any atom is -0.465 e. The van der Waals surface area contributed by atoms with Crippen LogP contribution in [0.5, 0.6) is 11.6 Å². The summed E-state index contributed by atoms with van der Waals surface area (Å²) in [4.78, 5) is 41.1. The number of hydrogen-bond donors (Lipinski definition) is 2. The van der Waals surface area contributed by atoms with Crippen molar-refractivity contribution >= 4 is 33.2 Å². The Morgan fingerprint density at radius 1 is 1.34 bits per heavy atom. The number of esters is 1. The van der Waals surface area contributed by atoms with Gasteiger partial charge in [0.1, 0.15) is 12.3 Å². The summed E-state index contributed by atoms with van der Waals surface area (Å²) in [6.07, 6.45) is 0.764. The van der Waals surface area contributed by atoms with Crippen LogP contribution >= 0.6 is 0 Å². The van der Waals surface area contributed by atoms with Crippen LogP contribution in [-0.2, 0) is 19.4 Å². The van der Waals surface area contributed by atoms with Crippen molar-refractivity contribution < 1.29 is 32.4 Å². The van der Waals surface area contributed by atoms with Crippen LogP contribution in [0.4, 0.5) is 11.5 Å². The van der Waals surface area contributed by atoms with E-state index in [9.17, 15) is 28.1 Å². The van der Waals surface area contributed by atoms with Crippen LogP contribution in [0.3, 0.4) is 0 Å². The van der Waals surface area contributed by atoms with Crippen LogP contribution in [0.2, 0.25) is 0 Å². The van der Waals surface area contributed by atoms with Crippen LogP contribution < -0.4 is 15.8 Å². The third kappa shape index (κ3) is 5.64. The van der Waals surface area contributed by atoms with Crippen LogP contribution in [-0.4, -0.2) is 54.6 Å². The number of sulfone groups is 1. The topological polar surface area (TPSA) is 217 Å². The number of nitrogens with two attached hydrogens (primary N) is 1. The van der Waals surface area contributed by atoms with Crippen LogP contribution in [0.1, 0.15) is 22.8 Å². The van der Waals surface area contributed by atoms with Crippen molar-refractivity contribution in [3.63, 3.8) is 0 Å². The number of benzene rings is 1. The van der Waals surface area contributed by atoms with Crippen molar-refractivity contribution in [1.29, 1.82) is 5.26 Å². The summed E-state index contributed by atoms with van der Waals surface area (Å²) >= 11 is 0. The number of aromatic nitrogens is 2. The Balaban J connectivity index is 2.62. The van der Waals surface area contributed by atoms with Crippen molar-refractivity contribution in [2.75, 3.05) is 24.7 Å². The number of nitro groups is 1. The fourth-order valence-corrected chi connectivity index (χ4v) is 2.81. The molecule has 168 valence electrons. The first-order chi connectivity index (χ1) is 15.0. The van der Waals surface area contributed by atoms with E-state index in [1.165, 1.54) is 12.1 Å². The molecule has 2 aromatic rings. The number of nitrogens with one attached hydrogen (secondary N) is 1. The molecule has 0 saturated carbocycles. The number of amides is 1. The zero-order chi connectivity index (χ0) is 24.1. The summed E-state index contributed by atoms with van der Waals surface area (Å²) in [5.74, 6) is -3.34. The third-order valence-corrected chi connectivity index (χ3v) is 4.49. The zero-order valence-corrected chi connectivity index (χ0v) is 17.5. The van der Waals surface area contributed by atoms with Crippen LogP contribution in [0.15, 0.2) is 23.4 Å². The summed E-state index contributed by atoms with van der Waals surface area (Å²) < 4.78 is 34.0. The molecule has 1 aromatic carbocycles. The largest absolute Gasteiger partial charge is 0.465 e. The van der Waals surface area contributed by atoms with Gasteiger partial charge in [-0.2, -0.15) is 15.2 Å². The predicted octanol–water partition coefficient (Wildman–Crippen LogP) is 0.526. The fraction of sp³-hybridized carbons (Fsp3) is 0.235. The summed E-state index contributed by atoms with van der Waals surface area (Å²) in [5, 5.41) is 22.2. The molecule has 0 aliphatic carbocycles. The molecule has 32 heavy (non-hydrogen) atoms. The predicted molar refractivity (Wildman–Crippen MR) is 107 cm³/mol. The maximum absolute atomic E-state index is 12.0. The monoisotopic (exact) mass is 464 g/mol. The maximum Gasteiger partial charge on any atom is 0.373 e. The zero-order valence-electron chi connectivity index (χ0n) is 16.7. The Morgan fingerprint density at radius 3 is 2.56 bits per heavy atom. The standard InChI is InChI=1S/C17H16N6O8S/c1-3-30-12(24)8-20-15-13(23(26)27)16(22-17(21-15)32(2,28)29)31-10-5-4-9(7-18)11(6-10)14(19)25/h4-6H,3,8H2,1-2H3,(H2,19,25)(H,20,21,22). The summed E-state index contributed by atoms with van der Waals surface area (Å²) in [6, 6.07) is 5.17. The molecule has 2 rings (SSSR count). The molecule has 0 unspecified atom stereocenters. The molecule has 3 N–H and O–H groups in total. The molecule has 0 fully saturated rings. The highest BCUT2D eigenvalue weighted by Crippen LogP contribution is 2.36. The molecule has 0 spiro atoms. The van der Waals surface area contributed by atoms with Crippen molar-refractivity contribution in [3.8, 4) is 17.7 Å². The molecule has 1 aromatic heterocycles. The van der Waals surface area contributed by atoms with Gasteiger partial charge in [0, 0.05) is 6.26 Å². The van der Waals surface area contributed by atoms with Crippen molar-refractivity contribution in [2.45, 2.75) is 12.1 Å². The number of hydrogen-bond acceptors (Lipinski definition) is 12. The van der Waals surface area contributed by atoms with E-state index in [0.29, 0.717) is 0 Å². The fourth-order valence-electron chi connectivity index (χ4n) is 2.31. The Kier molecular flexibility index (Phi) is 7.23. The minimum atomic E-state index is -4.06. The number of carbonyl (C=O) groups is 2. The van der Waals surface area contributed by atoms with Gasteiger partial charge in [-0.1, -0.05) is 0 Å². The van der Waals surface area contributed by atoms with E-state index >= 15 is 0 Å². The van der Waals surface area contributed by atoms with E-state index in [1.54, 1.807) is 13.0 Å². The molecule has 0 atom stereocenters. The summed E-state index contributed by atoms with van der Waals surface area (Å²) in [7, 11) is -4.06. The highest BCUT2D eigenvalue weighted by molar-refractivity contribution is 7.90. The lowest BCUT2D eigenvalue weighted by Gasteiger charge is -2.11. The molecule has 0 aliphatic heterocycles. The van der Waals surface area contributed by atoms with E-state index in [0.717, 1.165) is 12.3 Å². The number of primary amides is 1. The molecular formula is C17H16N6O8S. The van der Waals surface area contributed by atoms with Gasteiger partial charge in [0.25, 0.3) is 5.16 Å². The summed E-state index contributed by atoms with van der Waals surface area (Å²) in [6.45, 7) is 1.05. The molecule has 15 heteroatoms. The Hall–Kier alpha value is -4.32. The number of rotatable bonds is 9. The molecule has 1 amide bonds. The van der Waals surface area contributed by atoms with Gasteiger partial charge in [0.2, 0.25) is 21.6 Å². The molecule has 1 heterocycles. The average Bonchev–Trinajstić information content (AvgIpc) is 2.71. The van der Waals surface area contributed by atoms with E-state index in [1.807, 2.05) is 0 Å². The van der Waals surface area contributed by atoms with E-state index < -0.39 is 55.7 Å². The van der Waals surface area contributed by atoms with Gasteiger partial charge >= 0.3 is 17.5 Å². The molecule has 0 aliphatic rings. The average molecular weight is 464 g/mol. The van der Waals surface area contributed by atoms with Crippen LogP contribution in [0, 0.1) is 21.4 Å². The molecule has 0 bridgehead atoms. The van der Waals surface area contributed by atoms with Crippen molar-refractivity contribution in [1.82, 2.24) is 9.97 Å². The molecule has 14 nitrogen and oxygen atoms in total. The second-order valence-corrected chi connectivity index (χ2v) is 7.89. The lowest BCUT2D eigenvalue weighted by atomic mass is 10.1. The van der Waals surface area contributed by atoms with Crippen molar-refractivity contribution in [2.24, 2.45) is 5.73 Å². The quantitative estimate of drug-likeness (QED) is 0.225. The number of nitrogens with zero attached hydrogens (tertiary/aromatic N) is 4. The molecule has 0 saturated heterocycles. The van der Waals surface area contributed by atoms with Gasteiger partial charge in [0.05, 0.1) is 28.7 Å². The molecular weight excluding hydrogens is 448 g/mol.